The summed E-state index contributed by atoms with van der Waals surface area (Å²) in [5, 5.41) is 7.43. The van der Waals surface area contributed by atoms with Gasteiger partial charge >= 0.3 is 0 Å². The van der Waals surface area contributed by atoms with Gasteiger partial charge in [0.15, 0.2) is 0 Å². The zero-order valence-corrected chi connectivity index (χ0v) is 8.64. The molecule has 2 heterocycles. The molecule has 14 heavy (non-hydrogen) atoms. The molecule has 0 unspecified atom stereocenters. The third kappa shape index (κ3) is 1.85. The van der Waals surface area contributed by atoms with E-state index in [0.717, 1.165) is 11.4 Å². The van der Waals surface area contributed by atoms with Crippen LogP contribution in [0.5, 0.6) is 0 Å². The van der Waals surface area contributed by atoms with Crippen LogP contribution in [0.2, 0.25) is 0 Å². The predicted molar refractivity (Wildman–Crippen MR) is 61.0 cm³/mol. The number of aromatic nitrogens is 1. The first-order chi connectivity index (χ1) is 6.75. The minimum Gasteiger partial charge on any atom is -0.397 e. The Hall–Kier alpha value is -1.55. The summed E-state index contributed by atoms with van der Waals surface area (Å²) in [6.07, 6.45) is 3.39. The molecule has 2 aromatic heterocycles. The molecule has 4 heteroatoms. The number of aryl methyl sites for hydroxylation is 1. The van der Waals surface area contributed by atoms with Crippen LogP contribution in [0.1, 0.15) is 5.56 Å². The van der Waals surface area contributed by atoms with Gasteiger partial charge in [-0.3, -0.25) is 4.98 Å². The number of hydrogen-bond acceptors (Lipinski definition) is 4. The lowest BCUT2D eigenvalue weighted by molar-refractivity contribution is 1.32. The highest BCUT2D eigenvalue weighted by atomic mass is 32.1. The minimum atomic E-state index is 0.669. The van der Waals surface area contributed by atoms with Crippen molar-refractivity contribution in [2.45, 2.75) is 6.92 Å². The smallest absolute Gasteiger partial charge is 0.0591 e. The SMILES string of the molecule is Cc1cscc1Nc1cncc(N)c1. The van der Waals surface area contributed by atoms with E-state index in [-0.39, 0.29) is 0 Å². The van der Waals surface area contributed by atoms with Crippen LogP contribution in [0.25, 0.3) is 0 Å². The van der Waals surface area contributed by atoms with Gasteiger partial charge < -0.3 is 11.1 Å². The van der Waals surface area contributed by atoms with E-state index in [9.17, 15) is 0 Å². The van der Waals surface area contributed by atoms with Gasteiger partial charge in [0.2, 0.25) is 0 Å². The lowest BCUT2D eigenvalue weighted by Gasteiger charge is -2.05. The number of rotatable bonds is 2. The zero-order valence-electron chi connectivity index (χ0n) is 7.82. The molecular weight excluding hydrogens is 194 g/mol. The van der Waals surface area contributed by atoms with Crippen LogP contribution in [0.3, 0.4) is 0 Å². The van der Waals surface area contributed by atoms with E-state index in [1.165, 1.54) is 5.56 Å². The van der Waals surface area contributed by atoms with Crippen molar-refractivity contribution in [2.24, 2.45) is 0 Å². The maximum absolute atomic E-state index is 5.63. The molecule has 0 aromatic carbocycles. The molecule has 0 amide bonds. The molecule has 3 nitrogen and oxygen atoms in total. The largest absolute Gasteiger partial charge is 0.397 e. The molecule has 72 valence electrons. The normalized spacial score (nSPS) is 10.1. The second kappa shape index (κ2) is 3.67. The molecule has 0 saturated carbocycles. The standard InChI is InChI=1S/C10H11N3S/c1-7-5-14-6-10(7)13-9-2-8(11)3-12-4-9/h2-6,13H,11H2,1H3. The van der Waals surface area contributed by atoms with E-state index in [1.54, 1.807) is 23.7 Å². The quantitative estimate of drug-likeness (QED) is 0.792. The van der Waals surface area contributed by atoms with Crippen LogP contribution in [-0.2, 0) is 0 Å². The monoisotopic (exact) mass is 205 g/mol. The average Bonchev–Trinajstić information content (AvgIpc) is 2.52. The van der Waals surface area contributed by atoms with Gasteiger partial charge in [0, 0.05) is 11.6 Å². The van der Waals surface area contributed by atoms with Gasteiger partial charge in [-0.2, -0.15) is 0 Å². The Morgan fingerprint density at radius 2 is 2.21 bits per heavy atom. The summed E-state index contributed by atoms with van der Waals surface area (Å²) in [5.41, 5.74) is 9.56. The van der Waals surface area contributed by atoms with Crippen molar-refractivity contribution in [3.8, 4) is 0 Å². The van der Waals surface area contributed by atoms with Crippen molar-refractivity contribution < 1.29 is 0 Å². The van der Waals surface area contributed by atoms with Crippen LogP contribution in [-0.4, -0.2) is 4.98 Å². The first-order valence-corrected chi connectivity index (χ1v) is 5.20. The Bertz CT molecular complexity index is 436. The Morgan fingerprint density at radius 3 is 2.86 bits per heavy atom. The second-order valence-electron chi connectivity index (χ2n) is 3.10. The third-order valence-corrected chi connectivity index (χ3v) is 2.76. The Balaban J connectivity index is 2.23. The fourth-order valence-electron chi connectivity index (χ4n) is 1.17. The predicted octanol–water partition coefficient (Wildman–Crippen LogP) is 2.78. The molecule has 0 saturated heterocycles. The minimum absolute atomic E-state index is 0.669. The Kier molecular flexibility index (Phi) is 2.37. The molecule has 0 aliphatic heterocycles. The lowest BCUT2D eigenvalue weighted by atomic mass is 10.3. The molecule has 0 bridgehead atoms. The molecule has 0 aliphatic rings. The van der Waals surface area contributed by atoms with Crippen molar-refractivity contribution in [2.75, 3.05) is 11.1 Å². The number of nitrogen functional groups attached to an aromatic ring is 1. The van der Waals surface area contributed by atoms with Gasteiger partial charge in [-0.05, 0) is 23.9 Å². The molecule has 2 aromatic rings. The molecule has 0 spiro atoms. The molecule has 0 aliphatic carbocycles. The Morgan fingerprint density at radius 1 is 1.36 bits per heavy atom. The van der Waals surface area contributed by atoms with Crippen molar-refractivity contribution in [1.82, 2.24) is 4.98 Å². The summed E-state index contributed by atoms with van der Waals surface area (Å²) in [6, 6.07) is 1.87. The second-order valence-corrected chi connectivity index (χ2v) is 3.84. The fourth-order valence-corrected chi connectivity index (χ4v) is 1.95. The van der Waals surface area contributed by atoms with Crippen LogP contribution in [0, 0.1) is 6.92 Å². The molecule has 0 radical (unpaired) electrons. The van der Waals surface area contributed by atoms with E-state index in [2.05, 4.69) is 28.0 Å². The topological polar surface area (TPSA) is 50.9 Å². The number of nitrogens with zero attached hydrogens (tertiary/aromatic N) is 1. The van der Waals surface area contributed by atoms with E-state index in [0.29, 0.717) is 5.69 Å². The van der Waals surface area contributed by atoms with E-state index in [1.807, 2.05) is 6.07 Å². The van der Waals surface area contributed by atoms with E-state index in [4.69, 9.17) is 5.73 Å². The first-order valence-electron chi connectivity index (χ1n) is 4.26. The summed E-state index contributed by atoms with van der Waals surface area (Å²) in [5.74, 6) is 0. The highest BCUT2D eigenvalue weighted by Crippen LogP contribution is 2.24. The van der Waals surface area contributed by atoms with Crippen LogP contribution in [0.4, 0.5) is 17.1 Å². The molecule has 2 rings (SSSR count). The van der Waals surface area contributed by atoms with Crippen LogP contribution < -0.4 is 11.1 Å². The van der Waals surface area contributed by atoms with Gasteiger partial charge in [-0.1, -0.05) is 0 Å². The van der Waals surface area contributed by atoms with Crippen LogP contribution >= 0.6 is 11.3 Å². The van der Waals surface area contributed by atoms with Gasteiger partial charge in [0.05, 0.1) is 23.3 Å². The summed E-state index contributed by atoms with van der Waals surface area (Å²) in [6.45, 7) is 2.07. The maximum Gasteiger partial charge on any atom is 0.0591 e. The Labute approximate surface area is 86.6 Å². The van der Waals surface area contributed by atoms with Gasteiger partial charge in [-0.15, -0.1) is 11.3 Å². The number of thiophene rings is 1. The number of nitrogens with two attached hydrogens (primary N) is 1. The van der Waals surface area contributed by atoms with Crippen molar-refractivity contribution >= 4 is 28.4 Å². The van der Waals surface area contributed by atoms with Crippen LogP contribution in [0.15, 0.2) is 29.2 Å². The van der Waals surface area contributed by atoms with Crippen molar-refractivity contribution in [3.63, 3.8) is 0 Å². The number of anilines is 3. The number of nitrogens with one attached hydrogen (secondary N) is 1. The summed E-state index contributed by atoms with van der Waals surface area (Å²) >= 11 is 1.68. The summed E-state index contributed by atoms with van der Waals surface area (Å²) in [7, 11) is 0. The summed E-state index contributed by atoms with van der Waals surface area (Å²) in [4.78, 5) is 4.01. The van der Waals surface area contributed by atoms with Crippen molar-refractivity contribution in [3.05, 3.63) is 34.8 Å². The van der Waals surface area contributed by atoms with Crippen molar-refractivity contribution in [1.29, 1.82) is 0 Å². The molecule has 0 fully saturated rings. The van der Waals surface area contributed by atoms with Gasteiger partial charge in [-0.25, -0.2) is 0 Å². The van der Waals surface area contributed by atoms with Gasteiger partial charge in [0.1, 0.15) is 0 Å². The number of pyridine rings is 1. The maximum atomic E-state index is 5.63. The summed E-state index contributed by atoms with van der Waals surface area (Å²) < 4.78 is 0. The molecule has 0 atom stereocenters. The first kappa shape index (κ1) is 9.02. The highest BCUT2D eigenvalue weighted by molar-refractivity contribution is 7.08. The zero-order chi connectivity index (χ0) is 9.97. The average molecular weight is 205 g/mol. The van der Waals surface area contributed by atoms with E-state index < -0.39 is 0 Å². The van der Waals surface area contributed by atoms with Gasteiger partial charge in [0.25, 0.3) is 0 Å². The lowest BCUT2D eigenvalue weighted by Crippen LogP contribution is -1.93. The fraction of sp³-hybridized carbons (Fsp3) is 0.100. The number of hydrogen-bond donors (Lipinski definition) is 2. The molecule has 3 N–H and O–H groups in total. The molecular formula is C10H11N3S. The van der Waals surface area contributed by atoms with E-state index >= 15 is 0 Å². The third-order valence-electron chi connectivity index (χ3n) is 1.89. The highest BCUT2D eigenvalue weighted by Gasteiger charge is 1.99.